The zero-order valence-corrected chi connectivity index (χ0v) is 10.2. The summed E-state index contributed by atoms with van der Waals surface area (Å²) in [4.78, 5) is 11.7. The van der Waals surface area contributed by atoms with Gasteiger partial charge in [0, 0.05) is 11.1 Å². The number of methoxy groups -OCH3 is 1. The lowest BCUT2D eigenvalue weighted by molar-refractivity contribution is 0.416. The molecular formula is C14H14N2O2. The van der Waals surface area contributed by atoms with Crippen molar-refractivity contribution in [3.05, 3.63) is 45.7 Å². The fourth-order valence-corrected chi connectivity index (χ4v) is 2.56. The average molecular weight is 242 g/mol. The van der Waals surface area contributed by atoms with Crippen molar-refractivity contribution in [2.45, 2.75) is 19.3 Å². The van der Waals surface area contributed by atoms with Gasteiger partial charge in [-0.15, -0.1) is 0 Å². The van der Waals surface area contributed by atoms with E-state index in [0.29, 0.717) is 0 Å². The highest BCUT2D eigenvalue weighted by molar-refractivity contribution is 5.70. The number of benzene rings is 1. The van der Waals surface area contributed by atoms with Crippen LogP contribution in [0, 0.1) is 0 Å². The largest absolute Gasteiger partial charge is 0.496 e. The Morgan fingerprint density at radius 3 is 2.83 bits per heavy atom. The molecule has 2 aromatic rings. The third-order valence-corrected chi connectivity index (χ3v) is 3.41. The van der Waals surface area contributed by atoms with Crippen molar-refractivity contribution >= 4 is 0 Å². The molecule has 1 aromatic heterocycles. The summed E-state index contributed by atoms with van der Waals surface area (Å²) < 4.78 is 5.36. The van der Waals surface area contributed by atoms with E-state index in [2.05, 4.69) is 10.2 Å². The smallest absolute Gasteiger partial charge is 0.267 e. The Morgan fingerprint density at radius 2 is 2.00 bits per heavy atom. The number of hydrogen-bond donors (Lipinski definition) is 1. The molecular weight excluding hydrogens is 228 g/mol. The van der Waals surface area contributed by atoms with Gasteiger partial charge in [0.05, 0.1) is 12.8 Å². The minimum Gasteiger partial charge on any atom is -0.496 e. The zero-order chi connectivity index (χ0) is 12.5. The third kappa shape index (κ3) is 1.61. The van der Waals surface area contributed by atoms with Crippen LogP contribution in [0.5, 0.6) is 5.75 Å². The van der Waals surface area contributed by atoms with Gasteiger partial charge in [0.2, 0.25) is 0 Å². The van der Waals surface area contributed by atoms with Crippen LogP contribution in [-0.4, -0.2) is 17.3 Å². The summed E-state index contributed by atoms with van der Waals surface area (Å²) in [6.07, 6.45) is 2.78. The average Bonchev–Trinajstić information content (AvgIpc) is 2.89. The molecule has 4 nitrogen and oxygen atoms in total. The van der Waals surface area contributed by atoms with E-state index in [4.69, 9.17) is 4.74 Å². The molecule has 0 unspecified atom stereocenters. The molecule has 1 aromatic carbocycles. The molecule has 1 N–H and O–H groups in total. The SMILES string of the molecule is COc1ccccc1-c1n[nH]c(=O)c2c1CCC2. The summed E-state index contributed by atoms with van der Waals surface area (Å²) in [5.74, 6) is 0.783. The maximum absolute atomic E-state index is 11.7. The molecule has 0 aliphatic heterocycles. The summed E-state index contributed by atoms with van der Waals surface area (Å²) in [6, 6.07) is 7.75. The van der Waals surface area contributed by atoms with Gasteiger partial charge in [-0.25, -0.2) is 5.10 Å². The minimum atomic E-state index is -0.0545. The van der Waals surface area contributed by atoms with Crippen LogP contribution in [0.3, 0.4) is 0 Å². The van der Waals surface area contributed by atoms with E-state index in [1.807, 2.05) is 24.3 Å². The first-order chi connectivity index (χ1) is 8.81. The standard InChI is InChI=1S/C14H14N2O2/c1-18-12-8-3-2-5-11(12)13-9-6-4-7-10(9)14(17)16-15-13/h2-3,5,8H,4,6-7H2,1H3,(H,16,17). The maximum Gasteiger partial charge on any atom is 0.267 e. The second-order valence-corrected chi connectivity index (χ2v) is 4.41. The van der Waals surface area contributed by atoms with Crippen molar-refractivity contribution in [2.75, 3.05) is 7.11 Å². The molecule has 92 valence electrons. The number of fused-ring (bicyclic) bond motifs is 1. The summed E-state index contributed by atoms with van der Waals surface area (Å²) in [6.45, 7) is 0. The molecule has 1 heterocycles. The van der Waals surface area contributed by atoms with Crippen molar-refractivity contribution in [1.29, 1.82) is 0 Å². The van der Waals surface area contributed by atoms with Gasteiger partial charge in [0.25, 0.3) is 5.56 Å². The van der Waals surface area contributed by atoms with Gasteiger partial charge in [-0.1, -0.05) is 12.1 Å². The molecule has 1 aliphatic rings. The highest BCUT2D eigenvalue weighted by atomic mass is 16.5. The highest BCUT2D eigenvalue weighted by Crippen LogP contribution is 2.33. The van der Waals surface area contributed by atoms with Gasteiger partial charge in [-0.3, -0.25) is 4.79 Å². The lowest BCUT2D eigenvalue weighted by atomic mass is 10.0. The quantitative estimate of drug-likeness (QED) is 0.875. The van der Waals surface area contributed by atoms with Gasteiger partial charge < -0.3 is 4.74 Å². The lowest BCUT2D eigenvalue weighted by Gasteiger charge is -2.10. The zero-order valence-electron chi connectivity index (χ0n) is 10.2. The summed E-state index contributed by atoms with van der Waals surface area (Å²) in [5, 5.41) is 6.80. The molecule has 0 saturated carbocycles. The molecule has 0 bridgehead atoms. The number of para-hydroxylation sites is 1. The first kappa shape index (κ1) is 11.0. The van der Waals surface area contributed by atoms with Crippen LogP contribution in [-0.2, 0) is 12.8 Å². The van der Waals surface area contributed by atoms with Crippen molar-refractivity contribution in [3.8, 4) is 17.0 Å². The van der Waals surface area contributed by atoms with Crippen LogP contribution in [0.4, 0.5) is 0 Å². The van der Waals surface area contributed by atoms with Crippen molar-refractivity contribution in [3.63, 3.8) is 0 Å². The van der Waals surface area contributed by atoms with Crippen LogP contribution in [0.1, 0.15) is 17.5 Å². The predicted molar refractivity (Wildman–Crippen MR) is 68.9 cm³/mol. The summed E-state index contributed by atoms with van der Waals surface area (Å²) in [5.41, 5.74) is 3.68. The van der Waals surface area contributed by atoms with E-state index in [0.717, 1.165) is 47.4 Å². The van der Waals surface area contributed by atoms with Crippen LogP contribution >= 0.6 is 0 Å². The highest BCUT2D eigenvalue weighted by Gasteiger charge is 2.21. The van der Waals surface area contributed by atoms with E-state index in [1.165, 1.54) is 0 Å². The first-order valence-corrected chi connectivity index (χ1v) is 6.05. The molecule has 0 fully saturated rings. The number of nitrogens with one attached hydrogen (secondary N) is 1. The molecule has 3 rings (SSSR count). The Balaban J connectivity index is 2.24. The predicted octanol–water partition coefficient (Wildman–Crippen LogP) is 1.93. The maximum atomic E-state index is 11.7. The second kappa shape index (κ2) is 4.29. The van der Waals surface area contributed by atoms with Gasteiger partial charge in [-0.05, 0) is 37.0 Å². The Bertz CT molecular complexity index is 646. The van der Waals surface area contributed by atoms with Gasteiger partial charge in [-0.2, -0.15) is 5.10 Å². The second-order valence-electron chi connectivity index (χ2n) is 4.41. The van der Waals surface area contributed by atoms with E-state index in [-0.39, 0.29) is 5.56 Å². The molecule has 0 spiro atoms. The van der Waals surface area contributed by atoms with Crippen molar-refractivity contribution < 1.29 is 4.74 Å². The van der Waals surface area contributed by atoms with Gasteiger partial charge in [0.1, 0.15) is 5.75 Å². The van der Waals surface area contributed by atoms with Crippen LogP contribution < -0.4 is 10.3 Å². The Hall–Kier alpha value is -2.10. The third-order valence-electron chi connectivity index (χ3n) is 3.41. The van der Waals surface area contributed by atoms with Gasteiger partial charge in [0.15, 0.2) is 0 Å². The summed E-state index contributed by atoms with van der Waals surface area (Å²) >= 11 is 0. The van der Waals surface area contributed by atoms with Gasteiger partial charge >= 0.3 is 0 Å². The van der Waals surface area contributed by atoms with Crippen LogP contribution in [0.2, 0.25) is 0 Å². The lowest BCUT2D eigenvalue weighted by Crippen LogP contribution is -2.15. The molecule has 0 saturated heterocycles. The molecule has 0 amide bonds. The van der Waals surface area contributed by atoms with Crippen LogP contribution in [0.25, 0.3) is 11.3 Å². The number of hydrogen-bond acceptors (Lipinski definition) is 3. The topological polar surface area (TPSA) is 55.0 Å². The monoisotopic (exact) mass is 242 g/mol. The molecule has 0 atom stereocenters. The van der Waals surface area contributed by atoms with Crippen molar-refractivity contribution in [2.24, 2.45) is 0 Å². The van der Waals surface area contributed by atoms with E-state index < -0.39 is 0 Å². The Labute approximate surface area is 105 Å². The Morgan fingerprint density at radius 1 is 1.22 bits per heavy atom. The Kier molecular flexibility index (Phi) is 2.63. The molecule has 4 heteroatoms. The number of nitrogens with zero attached hydrogens (tertiary/aromatic N) is 1. The van der Waals surface area contributed by atoms with E-state index in [9.17, 15) is 4.79 Å². The van der Waals surface area contributed by atoms with E-state index in [1.54, 1.807) is 7.11 Å². The number of ether oxygens (including phenoxy) is 1. The number of H-pyrrole nitrogens is 1. The fraction of sp³-hybridized carbons (Fsp3) is 0.286. The summed E-state index contributed by atoms with van der Waals surface area (Å²) in [7, 11) is 1.64. The molecule has 0 radical (unpaired) electrons. The van der Waals surface area contributed by atoms with E-state index >= 15 is 0 Å². The van der Waals surface area contributed by atoms with Crippen LogP contribution in [0.15, 0.2) is 29.1 Å². The fourth-order valence-electron chi connectivity index (χ4n) is 2.56. The number of rotatable bonds is 2. The van der Waals surface area contributed by atoms with Crippen molar-refractivity contribution in [1.82, 2.24) is 10.2 Å². The first-order valence-electron chi connectivity index (χ1n) is 6.05. The normalized spacial score (nSPS) is 13.4. The number of aromatic amines is 1. The number of aromatic nitrogens is 2. The molecule has 1 aliphatic carbocycles. The molecule has 18 heavy (non-hydrogen) atoms. The minimum absolute atomic E-state index is 0.0545.